The number of hydrogen-bond acceptors (Lipinski definition) is 3. The van der Waals surface area contributed by atoms with Gasteiger partial charge in [-0.1, -0.05) is 11.6 Å². The molecular weight excluding hydrogens is 263 g/mol. The Morgan fingerprint density at radius 3 is 2.94 bits per heavy atom. The first kappa shape index (κ1) is 11.1. The molecule has 3 heterocycles. The zero-order chi connectivity index (χ0) is 12.0. The van der Waals surface area contributed by atoms with Crippen molar-refractivity contribution in [1.29, 1.82) is 0 Å². The first-order chi connectivity index (χ1) is 8.15. The van der Waals surface area contributed by atoms with Crippen molar-refractivity contribution in [2.45, 2.75) is 25.5 Å². The van der Waals surface area contributed by atoms with Gasteiger partial charge in [0.2, 0.25) is 0 Å². The van der Waals surface area contributed by atoms with Crippen LogP contribution in [0.15, 0.2) is 16.5 Å². The van der Waals surface area contributed by atoms with Crippen LogP contribution in [0.3, 0.4) is 0 Å². The fourth-order valence-electron chi connectivity index (χ4n) is 2.12. The third kappa shape index (κ3) is 1.86. The SMILES string of the molecule is OC1CCn2c(-c3ccc(Cl)o3)nc(Cl)c2C1. The summed E-state index contributed by atoms with van der Waals surface area (Å²) in [6.07, 6.45) is 0.881. The fourth-order valence-corrected chi connectivity index (χ4v) is 2.52. The molecule has 0 aliphatic carbocycles. The number of aliphatic hydroxyl groups excluding tert-OH is 1. The standard InChI is InChI=1S/C11H10Cl2N2O2/c12-9-2-1-8(17-9)11-14-10(13)7-5-6(16)3-4-15(7)11/h1-2,6,16H,3-5H2. The zero-order valence-corrected chi connectivity index (χ0v) is 10.4. The van der Waals surface area contributed by atoms with E-state index >= 15 is 0 Å². The van der Waals surface area contributed by atoms with Crippen LogP contribution in [0, 0.1) is 0 Å². The van der Waals surface area contributed by atoms with Crippen molar-refractivity contribution in [1.82, 2.24) is 9.55 Å². The van der Waals surface area contributed by atoms with E-state index in [0.29, 0.717) is 41.3 Å². The molecule has 1 N–H and O–H groups in total. The first-order valence-corrected chi connectivity index (χ1v) is 6.09. The van der Waals surface area contributed by atoms with Gasteiger partial charge in [0.15, 0.2) is 22.0 Å². The number of halogens is 2. The molecule has 0 saturated carbocycles. The highest BCUT2D eigenvalue weighted by Crippen LogP contribution is 2.31. The van der Waals surface area contributed by atoms with E-state index in [1.165, 1.54) is 0 Å². The Hall–Kier alpha value is -0.970. The maximum atomic E-state index is 9.62. The van der Waals surface area contributed by atoms with Gasteiger partial charge in [-0.05, 0) is 30.2 Å². The highest BCUT2D eigenvalue weighted by atomic mass is 35.5. The zero-order valence-electron chi connectivity index (χ0n) is 8.86. The third-order valence-electron chi connectivity index (χ3n) is 2.93. The first-order valence-electron chi connectivity index (χ1n) is 5.34. The molecule has 2 aromatic heterocycles. The molecule has 1 unspecified atom stereocenters. The van der Waals surface area contributed by atoms with Gasteiger partial charge in [-0.25, -0.2) is 4.98 Å². The minimum Gasteiger partial charge on any atom is -0.441 e. The summed E-state index contributed by atoms with van der Waals surface area (Å²) >= 11 is 11.8. The Kier molecular flexibility index (Phi) is 2.65. The largest absolute Gasteiger partial charge is 0.441 e. The molecule has 4 nitrogen and oxygen atoms in total. The monoisotopic (exact) mass is 272 g/mol. The van der Waals surface area contributed by atoms with Gasteiger partial charge in [-0.2, -0.15) is 0 Å². The van der Waals surface area contributed by atoms with Crippen LogP contribution < -0.4 is 0 Å². The van der Waals surface area contributed by atoms with Gasteiger partial charge in [-0.3, -0.25) is 0 Å². The van der Waals surface area contributed by atoms with Crippen LogP contribution in [0.2, 0.25) is 10.4 Å². The second kappa shape index (κ2) is 4.05. The maximum absolute atomic E-state index is 9.62. The number of hydrogen-bond donors (Lipinski definition) is 1. The molecule has 2 aromatic rings. The number of nitrogens with zero attached hydrogens (tertiary/aromatic N) is 2. The normalized spacial score (nSPS) is 19.4. The summed E-state index contributed by atoms with van der Waals surface area (Å²) < 4.78 is 7.31. The lowest BCUT2D eigenvalue weighted by molar-refractivity contribution is 0.144. The van der Waals surface area contributed by atoms with Gasteiger partial charge in [0.25, 0.3) is 0 Å². The number of rotatable bonds is 1. The fraction of sp³-hybridized carbons (Fsp3) is 0.364. The third-order valence-corrected chi connectivity index (χ3v) is 3.44. The van der Waals surface area contributed by atoms with Crippen molar-refractivity contribution in [3.8, 4) is 11.6 Å². The van der Waals surface area contributed by atoms with Crippen molar-refractivity contribution in [3.63, 3.8) is 0 Å². The Morgan fingerprint density at radius 2 is 2.24 bits per heavy atom. The average Bonchev–Trinajstić information content (AvgIpc) is 2.84. The van der Waals surface area contributed by atoms with E-state index in [4.69, 9.17) is 27.6 Å². The molecule has 0 bridgehead atoms. The number of aliphatic hydroxyl groups is 1. The number of imidazole rings is 1. The van der Waals surface area contributed by atoms with Crippen LogP contribution in [0.25, 0.3) is 11.6 Å². The molecule has 0 saturated heterocycles. The second-order valence-electron chi connectivity index (χ2n) is 4.07. The summed E-state index contributed by atoms with van der Waals surface area (Å²) in [6.45, 7) is 0.684. The van der Waals surface area contributed by atoms with Crippen LogP contribution in [0.5, 0.6) is 0 Å². The van der Waals surface area contributed by atoms with E-state index < -0.39 is 0 Å². The molecule has 6 heteroatoms. The molecule has 0 aromatic carbocycles. The minimum atomic E-state index is -0.343. The summed E-state index contributed by atoms with van der Waals surface area (Å²) in [6, 6.07) is 3.43. The van der Waals surface area contributed by atoms with E-state index in [9.17, 15) is 5.11 Å². The Morgan fingerprint density at radius 1 is 1.41 bits per heavy atom. The van der Waals surface area contributed by atoms with Crippen molar-refractivity contribution in [2.75, 3.05) is 0 Å². The predicted molar refractivity (Wildman–Crippen MR) is 64.3 cm³/mol. The van der Waals surface area contributed by atoms with E-state index in [2.05, 4.69) is 4.98 Å². The van der Waals surface area contributed by atoms with Gasteiger partial charge < -0.3 is 14.1 Å². The lowest BCUT2D eigenvalue weighted by Crippen LogP contribution is -2.23. The van der Waals surface area contributed by atoms with E-state index in [1.807, 2.05) is 4.57 Å². The molecule has 0 amide bonds. The topological polar surface area (TPSA) is 51.2 Å². The molecule has 90 valence electrons. The molecular formula is C11H10Cl2N2O2. The van der Waals surface area contributed by atoms with Crippen LogP contribution >= 0.6 is 23.2 Å². The molecule has 0 spiro atoms. The number of fused-ring (bicyclic) bond motifs is 1. The summed E-state index contributed by atoms with van der Waals surface area (Å²) in [7, 11) is 0. The lowest BCUT2D eigenvalue weighted by Gasteiger charge is -2.20. The van der Waals surface area contributed by atoms with E-state index in [-0.39, 0.29) is 6.10 Å². The smallest absolute Gasteiger partial charge is 0.194 e. The van der Waals surface area contributed by atoms with Gasteiger partial charge >= 0.3 is 0 Å². The van der Waals surface area contributed by atoms with Crippen LogP contribution in [-0.2, 0) is 13.0 Å². The quantitative estimate of drug-likeness (QED) is 0.869. The van der Waals surface area contributed by atoms with E-state index in [0.717, 1.165) is 5.69 Å². The van der Waals surface area contributed by atoms with Crippen molar-refractivity contribution < 1.29 is 9.52 Å². The number of furan rings is 1. The summed E-state index contributed by atoms with van der Waals surface area (Å²) in [5.74, 6) is 1.27. The highest BCUT2D eigenvalue weighted by Gasteiger charge is 2.25. The van der Waals surface area contributed by atoms with E-state index in [1.54, 1.807) is 12.1 Å². The van der Waals surface area contributed by atoms with Crippen LogP contribution in [0.4, 0.5) is 0 Å². The molecule has 0 fully saturated rings. The maximum Gasteiger partial charge on any atom is 0.194 e. The predicted octanol–water partition coefficient (Wildman–Crippen LogP) is 2.76. The molecule has 0 radical (unpaired) electrons. The van der Waals surface area contributed by atoms with Gasteiger partial charge in [-0.15, -0.1) is 0 Å². The Bertz CT molecular complexity index is 562. The minimum absolute atomic E-state index is 0.323. The molecule has 1 aliphatic rings. The van der Waals surface area contributed by atoms with Crippen molar-refractivity contribution >= 4 is 23.2 Å². The van der Waals surface area contributed by atoms with Crippen LogP contribution in [-0.4, -0.2) is 20.8 Å². The molecule has 1 atom stereocenters. The molecule has 3 rings (SSSR count). The molecule has 1 aliphatic heterocycles. The average molecular weight is 273 g/mol. The Balaban J connectivity index is 2.10. The molecule has 17 heavy (non-hydrogen) atoms. The summed E-state index contributed by atoms with van der Waals surface area (Å²) in [5, 5.41) is 10.4. The summed E-state index contributed by atoms with van der Waals surface area (Å²) in [5.41, 5.74) is 0.855. The van der Waals surface area contributed by atoms with Crippen molar-refractivity contribution in [2.24, 2.45) is 0 Å². The van der Waals surface area contributed by atoms with Gasteiger partial charge in [0.05, 0.1) is 11.8 Å². The second-order valence-corrected chi connectivity index (χ2v) is 4.81. The van der Waals surface area contributed by atoms with Gasteiger partial charge in [0.1, 0.15) is 0 Å². The highest BCUT2D eigenvalue weighted by molar-refractivity contribution is 6.30. The summed E-state index contributed by atoms with van der Waals surface area (Å²) in [4.78, 5) is 4.28. The lowest BCUT2D eigenvalue weighted by atomic mass is 10.1. The van der Waals surface area contributed by atoms with Crippen LogP contribution in [0.1, 0.15) is 12.1 Å². The Labute approximate surface area is 108 Å². The number of aromatic nitrogens is 2. The van der Waals surface area contributed by atoms with Crippen molar-refractivity contribution in [3.05, 3.63) is 28.2 Å². The van der Waals surface area contributed by atoms with Gasteiger partial charge in [0, 0.05) is 13.0 Å².